The molecule has 1 fully saturated rings. The first-order valence-corrected chi connectivity index (χ1v) is 7.86. The third kappa shape index (κ3) is 6.12. The number of rotatable bonds is 7. The minimum atomic E-state index is 0. The second kappa shape index (κ2) is 10.0. The van der Waals surface area contributed by atoms with Crippen LogP contribution in [0.1, 0.15) is 37.8 Å². The van der Waals surface area contributed by atoms with Crippen molar-refractivity contribution in [3.63, 3.8) is 0 Å². The molecule has 1 aliphatic rings. The summed E-state index contributed by atoms with van der Waals surface area (Å²) in [5, 5.41) is 6.83. The van der Waals surface area contributed by atoms with Gasteiger partial charge in [-0.3, -0.25) is 4.99 Å². The lowest BCUT2D eigenvalue weighted by Gasteiger charge is -2.14. The van der Waals surface area contributed by atoms with Gasteiger partial charge in [-0.05, 0) is 29.9 Å². The molecular formula is C17H28IN3O. The Labute approximate surface area is 151 Å². The molecule has 22 heavy (non-hydrogen) atoms. The van der Waals surface area contributed by atoms with Crippen LogP contribution in [0.2, 0.25) is 0 Å². The molecule has 0 radical (unpaired) electrons. The van der Waals surface area contributed by atoms with Crippen LogP contribution in [0.15, 0.2) is 29.3 Å². The second-order valence-corrected chi connectivity index (χ2v) is 5.71. The molecule has 2 atom stereocenters. The van der Waals surface area contributed by atoms with Crippen molar-refractivity contribution >= 4 is 29.9 Å². The summed E-state index contributed by atoms with van der Waals surface area (Å²) in [6, 6.07) is 8.99. The lowest BCUT2D eigenvalue weighted by Crippen LogP contribution is -2.38. The maximum absolute atomic E-state index is 5.66. The Morgan fingerprint density at radius 1 is 1.32 bits per heavy atom. The van der Waals surface area contributed by atoms with Gasteiger partial charge in [0.1, 0.15) is 0 Å². The number of nitrogens with one attached hydrogen (secondary N) is 2. The summed E-state index contributed by atoms with van der Waals surface area (Å²) >= 11 is 0. The molecule has 2 rings (SSSR count). The normalized spacial score (nSPS) is 20.2. The molecule has 2 unspecified atom stereocenters. The highest BCUT2D eigenvalue weighted by atomic mass is 127. The van der Waals surface area contributed by atoms with E-state index in [9.17, 15) is 0 Å². The highest BCUT2D eigenvalue weighted by Crippen LogP contribution is 2.28. The number of hydrogen-bond donors (Lipinski definition) is 2. The third-order valence-corrected chi connectivity index (χ3v) is 3.83. The number of ether oxygens (including phenoxy) is 1. The Morgan fingerprint density at radius 2 is 2.00 bits per heavy atom. The fourth-order valence-electron chi connectivity index (χ4n) is 2.27. The van der Waals surface area contributed by atoms with Gasteiger partial charge in [-0.15, -0.1) is 24.0 Å². The zero-order valence-electron chi connectivity index (χ0n) is 13.8. The summed E-state index contributed by atoms with van der Waals surface area (Å²) in [5.41, 5.74) is 2.51. The van der Waals surface area contributed by atoms with Gasteiger partial charge in [0.15, 0.2) is 5.96 Å². The molecule has 1 aliphatic carbocycles. The maximum Gasteiger partial charge on any atom is 0.191 e. The number of nitrogens with zero attached hydrogens (tertiary/aromatic N) is 1. The molecule has 4 nitrogen and oxygen atoms in total. The fraction of sp³-hybridized carbons (Fsp3) is 0.588. The average Bonchev–Trinajstić information content (AvgIpc) is 3.20. The van der Waals surface area contributed by atoms with Crippen LogP contribution in [-0.2, 0) is 17.9 Å². The number of hydrogen-bond acceptors (Lipinski definition) is 2. The largest absolute Gasteiger partial charge is 0.377 e. The summed E-state index contributed by atoms with van der Waals surface area (Å²) in [6.07, 6.45) is 2.29. The van der Waals surface area contributed by atoms with E-state index in [-0.39, 0.29) is 24.0 Å². The van der Waals surface area contributed by atoms with Crippen molar-refractivity contribution in [1.29, 1.82) is 0 Å². The van der Waals surface area contributed by atoms with E-state index in [1.54, 1.807) is 0 Å². The van der Waals surface area contributed by atoms with E-state index in [1.165, 1.54) is 17.5 Å². The highest BCUT2D eigenvalue weighted by Gasteiger charge is 2.33. The van der Waals surface area contributed by atoms with Crippen molar-refractivity contribution in [2.75, 3.05) is 13.7 Å². The van der Waals surface area contributed by atoms with Gasteiger partial charge >= 0.3 is 0 Å². The van der Waals surface area contributed by atoms with Crippen molar-refractivity contribution in [2.24, 2.45) is 10.9 Å². The maximum atomic E-state index is 5.66. The molecule has 0 aromatic heterocycles. The number of aliphatic imine (C=N–C) groups is 1. The van der Waals surface area contributed by atoms with Crippen LogP contribution < -0.4 is 10.6 Å². The van der Waals surface area contributed by atoms with Crippen molar-refractivity contribution in [3.05, 3.63) is 35.4 Å². The molecule has 1 saturated carbocycles. The predicted molar refractivity (Wildman–Crippen MR) is 103 cm³/mol. The van der Waals surface area contributed by atoms with E-state index >= 15 is 0 Å². The molecule has 124 valence electrons. The summed E-state index contributed by atoms with van der Waals surface area (Å²) in [6.45, 7) is 6.64. The SMILES string of the molecule is CCCOCc1ccccc1CNC(=NC)NC1CC1C.I. The first kappa shape index (κ1) is 19.2. The van der Waals surface area contributed by atoms with Crippen LogP contribution in [0.5, 0.6) is 0 Å². The molecular weight excluding hydrogens is 389 g/mol. The Balaban J connectivity index is 0.00000242. The number of benzene rings is 1. The highest BCUT2D eigenvalue weighted by molar-refractivity contribution is 14.0. The average molecular weight is 417 g/mol. The molecule has 0 bridgehead atoms. The van der Waals surface area contributed by atoms with Gasteiger partial charge in [-0.25, -0.2) is 0 Å². The first-order valence-electron chi connectivity index (χ1n) is 7.86. The summed E-state index contributed by atoms with van der Waals surface area (Å²) < 4.78 is 5.66. The van der Waals surface area contributed by atoms with Crippen LogP contribution in [0.25, 0.3) is 0 Å². The molecule has 2 N–H and O–H groups in total. The van der Waals surface area contributed by atoms with Crippen molar-refractivity contribution in [3.8, 4) is 0 Å². The van der Waals surface area contributed by atoms with Crippen molar-refractivity contribution in [1.82, 2.24) is 10.6 Å². The topological polar surface area (TPSA) is 45.6 Å². The Kier molecular flexibility index (Phi) is 8.78. The van der Waals surface area contributed by atoms with E-state index in [1.807, 2.05) is 7.05 Å². The monoisotopic (exact) mass is 417 g/mol. The van der Waals surface area contributed by atoms with Gasteiger partial charge in [-0.1, -0.05) is 38.1 Å². The number of halogens is 1. The van der Waals surface area contributed by atoms with Crippen LogP contribution in [0.4, 0.5) is 0 Å². The molecule has 0 spiro atoms. The molecule has 0 aliphatic heterocycles. The smallest absolute Gasteiger partial charge is 0.191 e. The Bertz CT molecular complexity index is 479. The zero-order valence-corrected chi connectivity index (χ0v) is 16.1. The predicted octanol–water partition coefficient (Wildman–Crippen LogP) is 3.30. The minimum absolute atomic E-state index is 0. The van der Waals surface area contributed by atoms with E-state index in [2.05, 4.69) is 53.7 Å². The van der Waals surface area contributed by atoms with Crippen LogP contribution in [0, 0.1) is 5.92 Å². The zero-order chi connectivity index (χ0) is 15.1. The summed E-state index contributed by atoms with van der Waals surface area (Å²) in [7, 11) is 1.82. The molecule has 0 heterocycles. The van der Waals surface area contributed by atoms with Crippen LogP contribution >= 0.6 is 24.0 Å². The first-order chi connectivity index (χ1) is 10.2. The lowest BCUT2D eigenvalue weighted by atomic mass is 10.1. The molecule has 0 saturated heterocycles. The molecule has 0 amide bonds. The van der Waals surface area contributed by atoms with Gasteiger partial charge in [0.2, 0.25) is 0 Å². The standard InChI is InChI=1S/C17H27N3O.HI/c1-4-9-21-12-15-8-6-5-7-14(15)11-19-17(18-3)20-16-10-13(16)2;/h5-8,13,16H,4,9-12H2,1-3H3,(H2,18,19,20);1H. The third-order valence-electron chi connectivity index (χ3n) is 3.83. The number of guanidine groups is 1. The Hall–Kier alpha value is -0.820. The lowest BCUT2D eigenvalue weighted by molar-refractivity contribution is 0.121. The van der Waals surface area contributed by atoms with Crippen molar-refractivity contribution < 1.29 is 4.74 Å². The quantitative estimate of drug-likeness (QED) is 0.310. The van der Waals surface area contributed by atoms with Gasteiger partial charge < -0.3 is 15.4 Å². The summed E-state index contributed by atoms with van der Waals surface area (Å²) in [4.78, 5) is 4.29. The summed E-state index contributed by atoms with van der Waals surface area (Å²) in [5.74, 6) is 1.65. The minimum Gasteiger partial charge on any atom is -0.377 e. The fourth-order valence-corrected chi connectivity index (χ4v) is 2.27. The van der Waals surface area contributed by atoms with Crippen LogP contribution in [0.3, 0.4) is 0 Å². The van der Waals surface area contributed by atoms with Crippen molar-refractivity contribution in [2.45, 2.75) is 45.9 Å². The van der Waals surface area contributed by atoms with E-state index < -0.39 is 0 Å². The van der Waals surface area contributed by atoms with Gasteiger partial charge in [0, 0.05) is 26.2 Å². The Morgan fingerprint density at radius 3 is 2.59 bits per heavy atom. The molecule has 1 aromatic carbocycles. The van der Waals surface area contributed by atoms with Gasteiger partial charge in [-0.2, -0.15) is 0 Å². The molecule has 5 heteroatoms. The van der Waals surface area contributed by atoms with Gasteiger partial charge in [0.05, 0.1) is 6.61 Å². The van der Waals surface area contributed by atoms with Gasteiger partial charge in [0.25, 0.3) is 0 Å². The van der Waals surface area contributed by atoms with Crippen LogP contribution in [-0.4, -0.2) is 25.7 Å². The van der Waals surface area contributed by atoms with E-state index in [0.29, 0.717) is 12.6 Å². The van der Waals surface area contributed by atoms with E-state index in [4.69, 9.17) is 4.74 Å². The van der Waals surface area contributed by atoms with E-state index in [0.717, 1.165) is 31.4 Å². The molecule has 1 aromatic rings. The second-order valence-electron chi connectivity index (χ2n) is 5.71.